The maximum atomic E-state index is 12.6. The SMILES string of the molecule is CCCCOC[C@@H]1C[C@H](OCCCC)CC(O)(c2cc(C(O[Si](C)(C)C(C)(C)C)c3nc4ccccc4s3)c(C)cc2OCCCC)O1. The number of para-hydroxylation sites is 1. The van der Waals surface area contributed by atoms with E-state index >= 15 is 0 Å². The first-order valence-electron chi connectivity index (χ1n) is 18.2. The van der Waals surface area contributed by atoms with Gasteiger partial charge in [0.25, 0.3) is 0 Å². The summed E-state index contributed by atoms with van der Waals surface area (Å²) in [6.07, 6.45) is 6.09. The zero-order valence-corrected chi connectivity index (χ0v) is 32.8. The molecule has 1 aromatic heterocycles. The van der Waals surface area contributed by atoms with Crippen LogP contribution in [0.25, 0.3) is 10.2 Å². The van der Waals surface area contributed by atoms with Crippen molar-refractivity contribution in [1.29, 1.82) is 0 Å². The lowest BCUT2D eigenvalue weighted by Crippen LogP contribution is -2.47. The maximum Gasteiger partial charge on any atom is 0.198 e. The first-order chi connectivity index (χ1) is 22.8. The van der Waals surface area contributed by atoms with Gasteiger partial charge in [0, 0.05) is 26.1 Å². The predicted molar refractivity (Wildman–Crippen MR) is 200 cm³/mol. The molecule has 268 valence electrons. The van der Waals surface area contributed by atoms with E-state index in [-0.39, 0.29) is 17.2 Å². The molecule has 1 aliphatic heterocycles. The third-order valence-electron chi connectivity index (χ3n) is 9.77. The van der Waals surface area contributed by atoms with Crippen molar-refractivity contribution in [2.24, 2.45) is 0 Å². The summed E-state index contributed by atoms with van der Waals surface area (Å²) in [6, 6.07) is 12.4. The number of hydrogen-bond donors (Lipinski definition) is 1. The van der Waals surface area contributed by atoms with Gasteiger partial charge < -0.3 is 28.5 Å². The van der Waals surface area contributed by atoms with Crippen LogP contribution in [0.2, 0.25) is 18.1 Å². The number of ether oxygens (including phenoxy) is 4. The standard InChI is InChI=1S/C39H61NO6SSi/c1-10-13-20-42-27-30-24-29(43-21-14-11-2)26-39(41,45-30)32-25-31(28(4)23-34(32)44-22-15-12-3)36(46-48(8,9)38(5,6)7)37-40-33-18-16-17-19-35(33)47-37/h16-19,23,25,29-30,36,41H,10-15,20-22,24,26-27H2,1-9H3/t29-,30-,36?,39?/m0/s1. The first-order valence-corrected chi connectivity index (χ1v) is 21.9. The third kappa shape index (κ3) is 9.89. The minimum absolute atomic E-state index is 0.0133. The zero-order chi connectivity index (χ0) is 35.0. The normalized spacial score (nSPS) is 21.1. The van der Waals surface area contributed by atoms with Crippen LogP contribution in [0.15, 0.2) is 36.4 Å². The highest BCUT2D eigenvalue weighted by atomic mass is 32.1. The highest BCUT2D eigenvalue weighted by molar-refractivity contribution is 7.18. The Bertz CT molecular complexity index is 1400. The topological polar surface area (TPSA) is 79.3 Å². The number of hydrogen-bond acceptors (Lipinski definition) is 8. The Morgan fingerprint density at radius 3 is 2.40 bits per heavy atom. The van der Waals surface area contributed by atoms with E-state index in [0.29, 0.717) is 50.6 Å². The van der Waals surface area contributed by atoms with Crippen molar-refractivity contribution >= 4 is 29.9 Å². The van der Waals surface area contributed by atoms with Gasteiger partial charge >= 0.3 is 0 Å². The van der Waals surface area contributed by atoms with Crippen molar-refractivity contribution in [2.45, 2.75) is 142 Å². The first kappa shape index (κ1) is 38.9. The summed E-state index contributed by atoms with van der Waals surface area (Å²) in [4.78, 5) is 5.11. The van der Waals surface area contributed by atoms with Crippen LogP contribution in [0.3, 0.4) is 0 Å². The molecule has 1 fully saturated rings. The Balaban J connectivity index is 1.84. The highest BCUT2D eigenvalue weighted by Crippen LogP contribution is 2.47. The van der Waals surface area contributed by atoms with Crippen LogP contribution in [0, 0.1) is 6.92 Å². The summed E-state index contributed by atoms with van der Waals surface area (Å²) in [5.74, 6) is -0.991. The number of aromatic nitrogens is 1. The molecule has 2 heterocycles. The molecule has 0 radical (unpaired) electrons. The van der Waals surface area contributed by atoms with E-state index < -0.39 is 20.2 Å². The van der Waals surface area contributed by atoms with Gasteiger partial charge in [0.05, 0.1) is 41.2 Å². The molecule has 0 bridgehead atoms. The van der Waals surface area contributed by atoms with Gasteiger partial charge in [0.1, 0.15) is 16.9 Å². The molecule has 1 saturated heterocycles. The molecule has 0 saturated carbocycles. The van der Waals surface area contributed by atoms with E-state index in [2.05, 4.69) is 91.9 Å². The summed E-state index contributed by atoms with van der Waals surface area (Å²) in [7, 11) is -2.28. The number of fused-ring (bicyclic) bond motifs is 1. The zero-order valence-electron chi connectivity index (χ0n) is 31.0. The Morgan fingerprint density at radius 2 is 1.71 bits per heavy atom. The van der Waals surface area contributed by atoms with Crippen molar-refractivity contribution in [1.82, 2.24) is 4.98 Å². The fourth-order valence-electron chi connectivity index (χ4n) is 5.77. The molecule has 7 nitrogen and oxygen atoms in total. The molecule has 1 aliphatic rings. The average molecular weight is 700 g/mol. The Morgan fingerprint density at radius 1 is 1.02 bits per heavy atom. The van der Waals surface area contributed by atoms with Crippen LogP contribution in [0.4, 0.5) is 0 Å². The molecular formula is C39H61NO6SSi. The van der Waals surface area contributed by atoms with E-state index in [1.165, 1.54) is 0 Å². The fraction of sp³-hybridized carbons (Fsp3) is 0.667. The quantitative estimate of drug-likeness (QED) is 0.105. The summed E-state index contributed by atoms with van der Waals surface area (Å²) in [5.41, 5.74) is 3.58. The number of thiazole rings is 1. The number of aliphatic hydroxyl groups is 1. The smallest absolute Gasteiger partial charge is 0.198 e. The van der Waals surface area contributed by atoms with Crippen molar-refractivity contribution in [3.8, 4) is 5.75 Å². The van der Waals surface area contributed by atoms with Crippen LogP contribution in [-0.4, -0.2) is 57.0 Å². The van der Waals surface area contributed by atoms with Crippen molar-refractivity contribution in [3.63, 3.8) is 0 Å². The second kappa shape index (κ2) is 17.4. The summed E-state index contributed by atoms with van der Waals surface area (Å²) >= 11 is 1.67. The van der Waals surface area contributed by atoms with E-state index in [9.17, 15) is 5.11 Å². The van der Waals surface area contributed by atoms with Gasteiger partial charge in [-0.25, -0.2) is 4.98 Å². The van der Waals surface area contributed by atoms with Crippen molar-refractivity contribution in [2.75, 3.05) is 26.4 Å². The van der Waals surface area contributed by atoms with Gasteiger partial charge in [-0.1, -0.05) is 72.9 Å². The van der Waals surface area contributed by atoms with Crippen LogP contribution in [0.5, 0.6) is 5.75 Å². The summed E-state index contributed by atoms with van der Waals surface area (Å²) in [6.45, 7) is 22.2. The Hall–Kier alpha value is -1.85. The lowest BCUT2D eigenvalue weighted by atomic mass is 9.89. The summed E-state index contributed by atoms with van der Waals surface area (Å²) in [5, 5.41) is 13.5. The number of unbranched alkanes of at least 4 members (excludes halogenated alkanes) is 3. The van der Waals surface area contributed by atoms with Gasteiger partial charge in [0.2, 0.25) is 0 Å². The van der Waals surface area contributed by atoms with E-state index in [0.717, 1.165) is 64.9 Å². The molecule has 2 aromatic carbocycles. The van der Waals surface area contributed by atoms with Gasteiger partial charge in [-0.15, -0.1) is 11.3 Å². The maximum absolute atomic E-state index is 12.6. The lowest BCUT2D eigenvalue weighted by molar-refractivity contribution is -0.292. The largest absolute Gasteiger partial charge is 0.493 e. The van der Waals surface area contributed by atoms with Gasteiger partial charge in [-0.3, -0.25) is 0 Å². The van der Waals surface area contributed by atoms with Crippen molar-refractivity contribution < 1.29 is 28.5 Å². The molecule has 0 aliphatic carbocycles. The second-order valence-electron chi connectivity index (χ2n) is 14.9. The number of benzene rings is 2. The van der Waals surface area contributed by atoms with Gasteiger partial charge in [-0.2, -0.15) is 0 Å². The molecule has 4 atom stereocenters. The molecule has 0 amide bonds. The monoisotopic (exact) mass is 699 g/mol. The molecule has 4 rings (SSSR count). The minimum atomic E-state index is -2.28. The number of rotatable bonds is 18. The lowest BCUT2D eigenvalue weighted by Gasteiger charge is -2.42. The molecule has 2 unspecified atom stereocenters. The molecule has 3 aromatic rings. The van der Waals surface area contributed by atoms with Crippen LogP contribution >= 0.6 is 11.3 Å². The molecule has 48 heavy (non-hydrogen) atoms. The number of nitrogens with zero attached hydrogens (tertiary/aromatic N) is 1. The number of aryl methyl sites for hydroxylation is 1. The van der Waals surface area contributed by atoms with Gasteiger partial charge in [0.15, 0.2) is 14.1 Å². The molecule has 0 spiro atoms. The minimum Gasteiger partial charge on any atom is -0.493 e. The van der Waals surface area contributed by atoms with Crippen LogP contribution in [0.1, 0.15) is 121 Å². The van der Waals surface area contributed by atoms with E-state index in [1.807, 2.05) is 6.07 Å². The molecular weight excluding hydrogens is 639 g/mol. The highest BCUT2D eigenvalue weighted by Gasteiger charge is 2.46. The van der Waals surface area contributed by atoms with Crippen LogP contribution < -0.4 is 4.74 Å². The Labute approximate surface area is 294 Å². The predicted octanol–water partition coefficient (Wildman–Crippen LogP) is 10.2. The van der Waals surface area contributed by atoms with Crippen molar-refractivity contribution in [3.05, 3.63) is 58.1 Å². The van der Waals surface area contributed by atoms with E-state index in [1.54, 1.807) is 11.3 Å². The average Bonchev–Trinajstić information content (AvgIpc) is 3.46. The molecule has 9 heteroatoms. The van der Waals surface area contributed by atoms with Crippen LogP contribution in [-0.2, 0) is 24.4 Å². The summed E-state index contributed by atoms with van der Waals surface area (Å²) < 4.78 is 33.9. The second-order valence-corrected chi connectivity index (χ2v) is 20.7. The van der Waals surface area contributed by atoms with Gasteiger partial charge in [-0.05, 0) is 79.7 Å². The third-order valence-corrected chi connectivity index (χ3v) is 15.3. The fourth-order valence-corrected chi connectivity index (χ4v) is 8.05. The molecule has 1 N–H and O–H groups in total. The van der Waals surface area contributed by atoms with E-state index in [4.69, 9.17) is 28.4 Å². The Kier molecular flexibility index (Phi) is 14.1.